The quantitative estimate of drug-likeness (QED) is 0.177. The van der Waals surface area contributed by atoms with Crippen LogP contribution in [0.3, 0.4) is 0 Å². The van der Waals surface area contributed by atoms with E-state index < -0.39 is 83.4 Å². The number of aromatic nitrogens is 1. The van der Waals surface area contributed by atoms with Crippen LogP contribution in [0.15, 0.2) is 36.5 Å². The number of aliphatic hydroxyl groups excluding tert-OH is 1. The van der Waals surface area contributed by atoms with Gasteiger partial charge in [-0.15, -0.1) is 0 Å². The van der Waals surface area contributed by atoms with Crippen LogP contribution < -0.4 is 0 Å². The van der Waals surface area contributed by atoms with Crippen LogP contribution in [-0.4, -0.2) is 125 Å². The summed E-state index contributed by atoms with van der Waals surface area (Å²) in [7, 11) is 5.25. The van der Waals surface area contributed by atoms with Crippen LogP contribution in [0, 0.1) is 23.7 Å². The molecule has 57 heavy (non-hydrogen) atoms. The molecule has 4 heterocycles. The number of aliphatic hydroxyl groups is 1. The minimum absolute atomic E-state index is 0.137. The summed E-state index contributed by atoms with van der Waals surface area (Å²) in [5.41, 5.74) is -0.626. The van der Waals surface area contributed by atoms with Crippen molar-refractivity contribution in [3.8, 4) is 0 Å². The molecule has 2 aromatic rings. The number of nitrogens with zero attached hydrogens (tertiary/aromatic N) is 3. The van der Waals surface area contributed by atoms with Crippen LogP contribution in [-0.2, 0) is 44.5 Å². The minimum Gasteiger partial charge on any atom is -0.458 e. The van der Waals surface area contributed by atoms with Crippen molar-refractivity contribution in [2.75, 3.05) is 27.7 Å². The third-order valence-corrected chi connectivity index (χ3v) is 12.9. The van der Waals surface area contributed by atoms with Crippen molar-refractivity contribution >= 4 is 34.5 Å². The van der Waals surface area contributed by atoms with E-state index in [1.807, 2.05) is 70.2 Å². The Hall–Kier alpha value is -3.49. The Balaban J connectivity index is 1.45. The molecule has 3 aliphatic rings. The molecule has 3 aliphatic heterocycles. The number of aryl methyl sites for hydroxylation is 1. The lowest BCUT2D eigenvalue weighted by Gasteiger charge is -2.47. The Morgan fingerprint density at radius 2 is 1.70 bits per heavy atom. The van der Waals surface area contributed by atoms with Gasteiger partial charge in [0.1, 0.15) is 23.9 Å². The highest BCUT2D eigenvalue weighted by Crippen LogP contribution is 2.43. The van der Waals surface area contributed by atoms with Crippen molar-refractivity contribution in [2.45, 2.75) is 148 Å². The molecule has 316 valence electrons. The maximum absolute atomic E-state index is 14.7. The summed E-state index contributed by atoms with van der Waals surface area (Å²) in [6.07, 6.45) is 0.0375. The lowest BCUT2D eigenvalue weighted by Crippen LogP contribution is -2.60. The van der Waals surface area contributed by atoms with Gasteiger partial charge in [-0.3, -0.25) is 19.4 Å². The van der Waals surface area contributed by atoms with Crippen molar-refractivity contribution < 1.29 is 48.0 Å². The van der Waals surface area contributed by atoms with E-state index >= 15 is 0 Å². The maximum atomic E-state index is 14.7. The molecule has 13 nitrogen and oxygen atoms in total. The molecule has 1 amide bonds. The molecular weight excluding hydrogens is 730 g/mol. The Bertz CT molecular complexity index is 1760. The maximum Gasteiger partial charge on any atom is 0.410 e. The largest absolute Gasteiger partial charge is 0.458 e. The van der Waals surface area contributed by atoms with Crippen LogP contribution in [0.4, 0.5) is 4.79 Å². The smallest absolute Gasteiger partial charge is 0.410 e. The van der Waals surface area contributed by atoms with E-state index in [4.69, 9.17) is 23.7 Å². The van der Waals surface area contributed by atoms with Gasteiger partial charge in [0.15, 0.2) is 17.7 Å². The zero-order valence-corrected chi connectivity index (χ0v) is 35.7. The van der Waals surface area contributed by atoms with Gasteiger partial charge in [-0.1, -0.05) is 45.9 Å². The number of carbonyl (C=O) groups excluding carboxylic acids is 4. The topological polar surface area (TPSA) is 154 Å². The van der Waals surface area contributed by atoms with Crippen LogP contribution in [0.5, 0.6) is 0 Å². The standard InChI is InChI=1S/C44H65N3O10/c1-12-34-44(8)38(47(42(52)57-44)20-16-15-17-30-22-31-18-13-14-19-32(31)45-24-30)27(4)35(48)25(2)23-43(7,53-11)39(28(5)36(49)29(6)40(51)55-34)56-41-37(50)33(46(9)10)21-26(3)54-41/h13-14,18-19,22,24-29,33-34,37-39,41,50H,12,15-17,20-21,23H2,1-11H3/t25-,26-,27+,28+,29-,33+,34-,37-,38-,39-,41+,43-,44-/m1/s1. The lowest BCUT2D eigenvalue weighted by atomic mass is 9.73. The van der Waals surface area contributed by atoms with Crippen molar-refractivity contribution in [3.05, 3.63) is 42.1 Å². The molecule has 0 saturated carbocycles. The summed E-state index contributed by atoms with van der Waals surface area (Å²) in [5, 5.41) is 12.5. The van der Waals surface area contributed by atoms with E-state index in [1.165, 1.54) is 14.0 Å². The highest BCUT2D eigenvalue weighted by atomic mass is 16.7. The Kier molecular flexibility index (Phi) is 14.2. The number of cyclic esters (lactones) is 1. The average molecular weight is 796 g/mol. The van der Waals surface area contributed by atoms with Gasteiger partial charge in [-0.05, 0) is 98.0 Å². The number of pyridine rings is 1. The number of likely N-dealkylation sites (N-methyl/N-ethyl adjacent to an activating group) is 1. The third kappa shape index (κ3) is 9.22. The molecule has 0 unspecified atom stereocenters. The summed E-state index contributed by atoms with van der Waals surface area (Å²) in [5.74, 6) is -4.89. The molecule has 0 radical (unpaired) electrons. The van der Waals surface area contributed by atoms with Crippen molar-refractivity contribution in [1.82, 2.24) is 14.8 Å². The first-order valence-corrected chi connectivity index (χ1v) is 20.7. The third-order valence-electron chi connectivity index (χ3n) is 12.9. The van der Waals surface area contributed by atoms with Gasteiger partial charge in [-0.2, -0.15) is 0 Å². The number of esters is 1. The Morgan fingerprint density at radius 1 is 1.00 bits per heavy atom. The predicted molar refractivity (Wildman–Crippen MR) is 214 cm³/mol. The van der Waals surface area contributed by atoms with Crippen LogP contribution in [0.2, 0.25) is 0 Å². The predicted octanol–water partition coefficient (Wildman–Crippen LogP) is 5.76. The van der Waals surface area contributed by atoms with Gasteiger partial charge in [0, 0.05) is 49.0 Å². The van der Waals surface area contributed by atoms with Crippen molar-refractivity contribution in [1.29, 1.82) is 0 Å². The zero-order valence-electron chi connectivity index (χ0n) is 35.7. The molecule has 0 aliphatic carbocycles. The second-order valence-electron chi connectivity index (χ2n) is 17.4. The number of hydrogen-bond donors (Lipinski definition) is 1. The van der Waals surface area contributed by atoms with Gasteiger partial charge in [0.05, 0.1) is 29.4 Å². The van der Waals surface area contributed by atoms with Crippen molar-refractivity contribution in [2.24, 2.45) is 23.7 Å². The molecule has 1 aromatic heterocycles. The number of methoxy groups -OCH3 is 1. The van der Waals surface area contributed by atoms with E-state index in [1.54, 1.807) is 32.6 Å². The number of rotatable bonds is 10. The fraction of sp³-hybridized carbons (Fsp3) is 0.705. The Labute approximate surface area is 338 Å². The number of amides is 1. The Morgan fingerprint density at radius 3 is 2.37 bits per heavy atom. The van der Waals surface area contributed by atoms with Gasteiger partial charge < -0.3 is 38.6 Å². The number of fused-ring (bicyclic) bond motifs is 2. The number of ether oxygens (including phenoxy) is 5. The number of benzene rings is 1. The summed E-state index contributed by atoms with van der Waals surface area (Å²) in [6, 6.07) is 9.04. The number of unbranched alkanes of at least 4 members (excludes halogenated alkanes) is 1. The molecule has 5 rings (SSSR count). The van der Waals surface area contributed by atoms with Gasteiger partial charge in [0.2, 0.25) is 0 Å². The zero-order chi connectivity index (χ0) is 42.0. The van der Waals surface area contributed by atoms with Crippen LogP contribution in [0.1, 0.15) is 93.1 Å². The van der Waals surface area contributed by atoms with E-state index in [2.05, 4.69) is 11.1 Å². The first-order valence-electron chi connectivity index (χ1n) is 20.7. The number of carbonyl (C=O) groups is 4. The molecule has 0 bridgehead atoms. The van der Waals surface area contributed by atoms with Crippen LogP contribution in [0.25, 0.3) is 10.9 Å². The highest BCUT2D eigenvalue weighted by molar-refractivity contribution is 6.00. The van der Waals surface area contributed by atoms with Crippen molar-refractivity contribution in [3.63, 3.8) is 0 Å². The SMILES string of the molecule is CC[C@H]1OC(=O)[C@H](C)C(=O)[C@H](C)[C@@H](O[C@@H]2O[C@H](C)C[C@H](N(C)C)[C@H]2O)[C@](C)(OC)C[C@@H](C)C(=O)[C@H](C)[C@H]2N(CCCCc3cnc4ccccc4c3)C(=O)O[C@]12C. The number of ketones is 2. The summed E-state index contributed by atoms with van der Waals surface area (Å²) in [4.78, 5) is 64.9. The number of hydrogen-bond acceptors (Lipinski definition) is 12. The average Bonchev–Trinajstić information content (AvgIpc) is 3.45. The van der Waals surface area contributed by atoms with E-state index in [0.29, 0.717) is 19.4 Å². The fourth-order valence-corrected chi connectivity index (χ4v) is 9.57. The molecule has 1 N–H and O–H groups in total. The molecular formula is C44H65N3O10. The molecule has 0 spiro atoms. The summed E-state index contributed by atoms with van der Waals surface area (Å²) >= 11 is 0. The minimum atomic E-state index is -1.39. The van der Waals surface area contributed by atoms with E-state index in [9.17, 15) is 24.3 Å². The monoisotopic (exact) mass is 795 g/mol. The number of para-hydroxylation sites is 1. The molecule has 13 atom stereocenters. The molecule has 13 heteroatoms. The normalized spacial score (nSPS) is 37.2. The highest BCUT2D eigenvalue weighted by Gasteiger charge is 2.60. The first kappa shape index (κ1) is 44.6. The van der Waals surface area contributed by atoms with Gasteiger partial charge in [-0.25, -0.2) is 4.79 Å². The fourth-order valence-electron chi connectivity index (χ4n) is 9.57. The summed E-state index contributed by atoms with van der Waals surface area (Å²) < 4.78 is 31.2. The molecule has 3 fully saturated rings. The molecule has 1 aromatic carbocycles. The van der Waals surface area contributed by atoms with Crippen LogP contribution >= 0.6 is 0 Å². The van der Waals surface area contributed by atoms with E-state index in [0.717, 1.165) is 29.3 Å². The molecule has 3 saturated heterocycles. The first-order chi connectivity index (χ1) is 26.9. The van der Waals surface area contributed by atoms with Gasteiger partial charge in [0.25, 0.3) is 0 Å². The second kappa shape index (κ2) is 18.2. The van der Waals surface area contributed by atoms with E-state index in [-0.39, 0.29) is 30.8 Å². The summed E-state index contributed by atoms with van der Waals surface area (Å²) in [6.45, 7) is 14.4. The number of Topliss-reactive ketones (excluding diaryl/α,β-unsaturated/α-hetero) is 2. The van der Waals surface area contributed by atoms with Gasteiger partial charge >= 0.3 is 12.1 Å². The second-order valence-corrected chi connectivity index (χ2v) is 17.4. The lowest BCUT2D eigenvalue weighted by molar-refractivity contribution is -0.295.